The van der Waals surface area contributed by atoms with Gasteiger partial charge in [-0.2, -0.15) is 13.5 Å². The second kappa shape index (κ2) is 9.03. The van der Waals surface area contributed by atoms with Gasteiger partial charge in [-0.1, -0.05) is 36.2 Å². The van der Waals surface area contributed by atoms with E-state index in [0.29, 0.717) is 17.9 Å². The number of rotatable bonds is 8. The van der Waals surface area contributed by atoms with Crippen molar-refractivity contribution in [1.29, 1.82) is 0 Å². The lowest BCUT2D eigenvalue weighted by atomic mass is 10.2. The maximum Gasteiger partial charge on any atom is 0.276 e. The molecule has 1 N–H and O–H groups in total. The smallest absolute Gasteiger partial charge is 0.276 e. The van der Waals surface area contributed by atoms with Gasteiger partial charge in [-0.3, -0.25) is 10.1 Å². The SMILES string of the molecule is CCCOc1c(Cl)cc(/C=N/NS(=O)(=O)c2cccc([N+](=O)[O-])c2)cc1Cl. The van der Waals surface area contributed by atoms with E-state index in [1.54, 1.807) is 0 Å². The summed E-state index contributed by atoms with van der Waals surface area (Å²) in [6, 6.07) is 7.65. The molecule has 0 fully saturated rings. The number of ether oxygens (including phenoxy) is 1. The van der Waals surface area contributed by atoms with Crippen molar-refractivity contribution < 1.29 is 18.1 Å². The molecule has 144 valence electrons. The molecule has 0 atom stereocenters. The molecule has 2 rings (SSSR count). The van der Waals surface area contributed by atoms with E-state index in [1.165, 1.54) is 36.5 Å². The molecule has 11 heteroatoms. The number of hydrogen-bond donors (Lipinski definition) is 1. The first-order valence-electron chi connectivity index (χ1n) is 7.65. The standard InChI is InChI=1S/C16H15Cl2N3O5S/c1-2-6-26-16-14(17)7-11(8-15(16)18)10-19-20-27(24,25)13-5-3-4-12(9-13)21(22)23/h3-5,7-10,20H,2,6H2,1H3/b19-10+. The lowest BCUT2D eigenvalue weighted by Crippen LogP contribution is -2.18. The number of hydrogen-bond acceptors (Lipinski definition) is 6. The average molecular weight is 432 g/mol. The maximum absolute atomic E-state index is 12.2. The van der Waals surface area contributed by atoms with Gasteiger partial charge >= 0.3 is 0 Å². The summed E-state index contributed by atoms with van der Waals surface area (Å²) in [5.74, 6) is 0.342. The van der Waals surface area contributed by atoms with Crippen LogP contribution in [0.1, 0.15) is 18.9 Å². The number of nitro benzene ring substituents is 1. The van der Waals surface area contributed by atoms with E-state index in [-0.39, 0.29) is 20.6 Å². The van der Waals surface area contributed by atoms with E-state index >= 15 is 0 Å². The Kier molecular flexibility index (Phi) is 7.00. The molecule has 0 aromatic heterocycles. The van der Waals surface area contributed by atoms with Crippen molar-refractivity contribution in [2.75, 3.05) is 6.61 Å². The normalized spacial score (nSPS) is 11.5. The number of hydrazone groups is 1. The number of nitrogens with zero attached hydrogens (tertiary/aromatic N) is 2. The number of sulfonamides is 1. The quantitative estimate of drug-likeness (QED) is 0.385. The van der Waals surface area contributed by atoms with Gasteiger partial charge in [-0.25, -0.2) is 4.83 Å². The summed E-state index contributed by atoms with van der Waals surface area (Å²) in [6.45, 7) is 2.40. The Hall–Kier alpha value is -2.36. The predicted molar refractivity (Wildman–Crippen MR) is 103 cm³/mol. The molecule has 2 aromatic carbocycles. The van der Waals surface area contributed by atoms with E-state index in [9.17, 15) is 18.5 Å². The molecule has 0 amide bonds. The molecule has 0 heterocycles. The van der Waals surface area contributed by atoms with Gasteiger partial charge in [0.15, 0.2) is 5.75 Å². The zero-order valence-corrected chi connectivity index (χ0v) is 16.4. The minimum Gasteiger partial charge on any atom is -0.490 e. The fourth-order valence-electron chi connectivity index (χ4n) is 1.98. The van der Waals surface area contributed by atoms with Crippen molar-refractivity contribution in [2.24, 2.45) is 5.10 Å². The second-order valence-electron chi connectivity index (χ2n) is 5.27. The first-order valence-corrected chi connectivity index (χ1v) is 9.89. The molecule has 0 spiro atoms. The van der Waals surface area contributed by atoms with Crippen LogP contribution >= 0.6 is 23.2 Å². The summed E-state index contributed by atoms with van der Waals surface area (Å²) in [4.78, 5) is 11.8. The number of non-ortho nitro benzene ring substituents is 1. The second-order valence-corrected chi connectivity index (χ2v) is 7.74. The zero-order chi connectivity index (χ0) is 20.0. The predicted octanol–water partition coefficient (Wildman–Crippen LogP) is 4.00. The molecule has 0 aliphatic heterocycles. The van der Waals surface area contributed by atoms with E-state index in [4.69, 9.17) is 27.9 Å². The summed E-state index contributed by atoms with van der Waals surface area (Å²) in [5, 5.41) is 14.9. The van der Waals surface area contributed by atoms with Crippen LogP contribution in [0.4, 0.5) is 5.69 Å². The van der Waals surface area contributed by atoms with Gasteiger partial charge in [0, 0.05) is 12.1 Å². The van der Waals surface area contributed by atoms with E-state index < -0.39 is 14.9 Å². The zero-order valence-electron chi connectivity index (χ0n) is 14.1. The van der Waals surface area contributed by atoms with E-state index in [1.807, 2.05) is 11.8 Å². The Morgan fingerprint density at radius 3 is 2.52 bits per heavy atom. The molecule has 8 nitrogen and oxygen atoms in total. The minimum atomic E-state index is -4.07. The fraction of sp³-hybridized carbons (Fsp3) is 0.188. The van der Waals surface area contributed by atoms with E-state index in [0.717, 1.165) is 12.5 Å². The number of halogens is 2. The molecule has 0 saturated carbocycles. The highest BCUT2D eigenvalue weighted by molar-refractivity contribution is 7.89. The van der Waals surface area contributed by atoms with Crippen LogP contribution in [0.2, 0.25) is 10.0 Å². The summed E-state index contributed by atoms with van der Waals surface area (Å²) < 4.78 is 29.8. The van der Waals surface area contributed by atoms with Crippen molar-refractivity contribution in [3.63, 3.8) is 0 Å². The molecule has 0 radical (unpaired) electrons. The van der Waals surface area contributed by atoms with Crippen molar-refractivity contribution in [2.45, 2.75) is 18.2 Å². The lowest BCUT2D eigenvalue weighted by molar-refractivity contribution is -0.385. The Morgan fingerprint density at radius 2 is 1.93 bits per heavy atom. The third-order valence-electron chi connectivity index (χ3n) is 3.20. The maximum atomic E-state index is 12.2. The molecular formula is C16H15Cl2N3O5S. The molecule has 0 bridgehead atoms. The van der Waals surface area contributed by atoms with Crippen LogP contribution in [0, 0.1) is 10.1 Å². The third-order valence-corrected chi connectivity index (χ3v) is 4.98. The minimum absolute atomic E-state index is 0.263. The number of benzene rings is 2. The van der Waals surface area contributed by atoms with Crippen LogP contribution < -0.4 is 9.57 Å². The highest BCUT2D eigenvalue weighted by Gasteiger charge is 2.16. The topological polar surface area (TPSA) is 111 Å². The highest BCUT2D eigenvalue weighted by atomic mass is 35.5. The average Bonchev–Trinajstić information content (AvgIpc) is 2.61. The monoisotopic (exact) mass is 431 g/mol. The summed E-state index contributed by atoms with van der Waals surface area (Å²) >= 11 is 12.2. The van der Waals surface area contributed by atoms with Crippen molar-refractivity contribution >= 4 is 45.1 Å². The first-order chi connectivity index (χ1) is 12.7. The Balaban J connectivity index is 2.17. The summed E-state index contributed by atoms with van der Waals surface area (Å²) in [7, 11) is -4.07. The third kappa shape index (κ3) is 5.56. The number of nitro groups is 1. The summed E-state index contributed by atoms with van der Waals surface area (Å²) in [6.07, 6.45) is 1.99. The Morgan fingerprint density at radius 1 is 1.26 bits per heavy atom. The summed E-state index contributed by atoms with van der Waals surface area (Å²) in [5.41, 5.74) is 0.0960. The van der Waals surface area contributed by atoms with Crippen molar-refractivity contribution in [1.82, 2.24) is 4.83 Å². The van der Waals surface area contributed by atoms with Gasteiger partial charge in [0.25, 0.3) is 15.7 Å². The largest absolute Gasteiger partial charge is 0.490 e. The first kappa shape index (κ1) is 20.9. The van der Waals surface area contributed by atoms with E-state index in [2.05, 4.69) is 5.10 Å². The van der Waals surface area contributed by atoms with Gasteiger partial charge in [-0.05, 0) is 30.2 Å². The fourth-order valence-corrected chi connectivity index (χ4v) is 3.43. The molecule has 2 aromatic rings. The molecule has 27 heavy (non-hydrogen) atoms. The van der Waals surface area contributed by atoms with Crippen LogP contribution in [-0.2, 0) is 10.0 Å². The Labute approximate surface area is 165 Å². The van der Waals surface area contributed by atoms with Crippen molar-refractivity contribution in [3.8, 4) is 5.75 Å². The van der Waals surface area contributed by atoms with Gasteiger partial charge < -0.3 is 4.74 Å². The van der Waals surface area contributed by atoms with Crippen LogP contribution in [0.5, 0.6) is 5.75 Å². The van der Waals surface area contributed by atoms with Gasteiger partial charge in [0.05, 0.1) is 32.7 Å². The lowest BCUT2D eigenvalue weighted by Gasteiger charge is -2.09. The molecule has 0 unspecified atom stereocenters. The van der Waals surface area contributed by atoms with Crippen LogP contribution in [0.25, 0.3) is 0 Å². The molecule has 0 aliphatic rings. The van der Waals surface area contributed by atoms with Crippen molar-refractivity contribution in [3.05, 3.63) is 62.1 Å². The number of nitrogens with one attached hydrogen (secondary N) is 1. The van der Waals surface area contributed by atoms with Gasteiger partial charge in [-0.15, -0.1) is 0 Å². The van der Waals surface area contributed by atoms with Gasteiger partial charge in [0.1, 0.15) is 0 Å². The molecule has 0 aliphatic carbocycles. The van der Waals surface area contributed by atoms with Gasteiger partial charge in [0.2, 0.25) is 0 Å². The van der Waals surface area contributed by atoms with Crippen LogP contribution in [-0.4, -0.2) is 26.2 Å². The molecule has 0 saturated heterocycles. The highest BCUT2D eigenvalue weighted by Crippen LogP contribution is 2.33. The van der Waals surface area contributed by atoms with Crippen LogP contribution in [0.15, 0.2) is 46.4 Å². The Bertz CT molecular complexity index is 957. The molecular weight excluding hydrogens is 417 g/mol. The van der Waals surface area contributed by atoms with Crippen LogP contribution in [0.3, 0.4) is 0 Å².